The molecular weight excluding hydrogens is 430 g/mol. The van der Waals surface area contributed by atoms with E-state index in [0.29, 0.717) is 5.13 Å². The van der Waals surface area contributed by atoms with E-state index in [2.05, 4.69) is 15.0 Å². The molecule has 1 heterocycles. The summed E-state index contributed by atoms with van der Waals surface area (Å²) in [6.45, 7) is 0.00322. The largest absolute Gasteiger partial charge is 0.302 e. The van der Waals surface area contributed by atoms with Crippen molar-refractivity contribution in [3.05, 3.63) is 89.4 Å². The quantitative estimate of drug-likeness (QED) is 0.420. The average molecular weight is 452 g/mol. The first-order valence-electron chi connectivity index (χ1n) is 9.76. The molecule has 158 valence electrons. The van der Waals surface area contributed by atoms with Crippen LogP contribution in [0.5, 0.6) is 0 Å². The van der Waals surface area contributed by atoms with Crippen molar-refractivity contribution >= 4 is 43.2 Å². The summed E-state index contributed by atoms with van der Waals surface area (Å²) < 4.78 is 27.6. The van der Waals surface area contributed by atoms with Crippen molar-refractivity contribution < 1.29 is 13.2 Å². The van der Waals surface area contributed by atoms with Gasteiger partial charge in [0, 0.05) is 30.5 Å². The lowest BCUT2D eigenvalue weighted by Gasteiger charge is -2.08. The van der Waals surface area contributed by atoms with E-state index < -0.39 is 10.0 Å². The van der Waals surface area contributed by atoms with E-state index in [-0.39, 0.29) is 23.8 Å². The Morgan fingerprint density at radius 1 is 0.935 bits per heavy atom. The fourth-order valence-electron chi connectivity index (χ4n) is 3.14. The summed E-state index contributed by atoms with van der Waals surface area (Å²) in [5, 5.41) is 5.05. The van der Waals surface area contributed by atoms with Crippen LogP contribution in [0.1, 0.15) is 16.9 Å². The number of fused-ring (bicyclic) bond motifs is 1. The Bertz CT molecular complexity index is 1300. The smallest absolute Gasteiger partial charge is 0.240 e. The number of amides is 1. The molecule has 6 nitrogen and oxygen atoms in total. The lowest BCUT2D eigenvalue weighted by Crippen LogP contribution is -2.27. The molecule has 1 amide bonds. The maximum Gasteiger partial charge on any atom is 0.240 e. The summed E-state index contributed by atoms with van der Waals surface area (Å²) in [4.78, 5) is 17.6. The summed E-state index contributed by atoms with van der Waals surface area (Å²) in [5.74, 6) is -0.290. The molecule has 31 heavy (non-hydrogen) atoms. The molecule has 2 N–H and O–H groups in total. The van der Waals surface area contributed by atoms with Crippen LogP contribution < -0.4 is 10.0 Å². The SMILES string of the molecule is O=C(CCNS(=O)(=O)c1ccc2ccccc2c1)Nc1ncc(Cc2ccccc2)s1. The zero-order chi connectivity index (χ0) is 21.7. The minimum Gasteiger partial charge on any atom is -0.302 e. The van der Waals surface area contributed by atoms with Gasteiger partial charge in [0.1, 0.15) is 0 Å². The van der Waals surface area contributed by atoms with Crippen molar-refractivity contribution in [1.82, 2.24) is 9.71 Å². The highest BCUT2D eigenvalue weighted by molar-refractivity contribution is 7.89. The van der Waals surface area contributed by atoms with E-state index in [9.17, 15) is 13.2 Å². The number of carbonyl (C=O) groups excluding carboxylic acids is 1. The molecule has 0 fully saturated rings. The molecule has 0 atom stereocenters. The normalized spacial score (nSPS) is 11.5. The van der Waals surface area contributed by atoms with Gasteiger partial charge in [0.05, 0.1) is 4.90 Å². The van der Waals surface area contributed by atoms with Crippen LogP contribution in [0.25, 0.3) is 10.8 Å². The molecular formula is C23H21N3O3S2. The molecule has 0 bridgehead atoms. The Labute approximate surface area is 185 Å². The lowest BCUT2D eigenvalue weighted by atomic mass is 10.1. The zero-order valence-electron chi connectivity index (χ0n) is 16.6. The first-order chi connectivity index (χ1) is 15.0. The van der Waals surface area contributed by atoms with Crippen LogP contribution in [0.15, 0.2) is 83.9 Å². The number of aromatic nitrogens is 1. The Kier molecular flexibility index (Phi) is 6.41. The molecule has 4 aromatic rings. The average Bonchev–Trinajstić information content (AvgIpc) is 3.20. The predicted octanol–water partition coefficient (Wildman–Crippen LogP) is 4.19. The molecule has 1 aromatic heterocycles. The van der Waals surface area contributed by atoms with Crippen LogP contribution in [0.3, 0.4) is 0 Å². The number of hydrogen-bond donors (Lipinski definition) is 2. The summed E-state index contributed by atoms with van der Waals surface area (Å²) in [5.41, 5.74) is 1.17. The molecule has 0 spiro atoms. The van der Waals surface area contributed by atoms with Gasteiger partial charge in [-0.3, -0.25) is 4.79 Å². The fraction of sp³-hybridized carbons (Fsp3) is 0.130. The van der Waals surface area contributed by atoms with Crippen LogP contribution in [-0.4, -0.2) is 25.9 Å². The highest BCUT2D eigenvalue weighted by Crippen LogP contribution is 2.21. The van der Waals surface area contributed by atoms with Crippen LogP contribution >= 0.6 is 11.3 Å². The lowest BCUT2D eigenvalue weighted by molar-refractivity contribution is -0.116. The molecule has 0 saturated carbocycles. The van der Waals surface area contributed by atoms with Crippen molar-refractivity contribution in [3.63, 3.8) is 0 Å². The molecule has 4 rings (SSSR count). The molecule has 0 aliphatic rings. The van der Waals surface area contributed by atoms with Crippen LogP contribution in [0.4, 0.5) is 5.13 Å². The minimum atomic E-state index is -3.69. The molecule has 0 saturated heterocycles. The second-order valence-electron chi connectivity index (χ2n) is 7.00. The van der Waals surface area contributed by atoms with Crippen molar-refractivity contribution in [3.8, 4) is 0 Å². The number of nitrogens with one attached hydrogen (secondary N) is 2. The number of nitrogens with zero attached hydrogens (tertiary/aromatic N) is 1. The molecule has 0 aliphatic heterocycles. The van der Waals surface area contributed by atoms with Gasteiger partial charge in [0.2, 0.25) is 15.9 Å². The van der Waals surface area contributed by atoms with Gasteiger partial charge in [0.15, 0.2) is 5.13 Å². The van der Waals surface area contributed by atoms with Crippen LogP contribution in [0, 0.1) is 0 Å². The minimum absolute atomic E-state index is 0.00322. The monoisotopic (exact) mass is 451 g/mol. The number of benzene rings is 3. The van der Waals surface area contributed by atoms with Crippen molar-refractivity contribution in [1.29, 1.82) is 0 Å². The topological polar surface area (TPSA) is 88.2 Å². The maximum atomic E-state index is 12.5. The number of sulfonamides is 1. The van der Waals surface area contributed by atoms with Gasteiger partial charge in [-0.2, -0.15) is 0 Å². The number of anilines is 1. The Balaban J connectivity index is 1.29. The summed E-state index contributed by atoms with van der Waals surface area (Å²) in [6, 6.07) is 22.5. The third-order valence-electron chi connectivity index (χ3n) is 4.70. The molecule has 3 aromatic carbocycles. The van der Waals surface area contributed by atoms with Crippen LogP contribution in [0.2, 0.25) is 0 Å². The van der Waals surface area contributed by atoms with Crippen molar-refractivity contribution in [2.75, 3.05) is 11.9 Å². The number of carbonyl (C=O) groups is 1. The highest BCUT2D eigenvalue weighted by Gasteiger charge is 2.15. The molecule has 0 radical (unpaired) electrons. The fourth-order valence-corrected chi connectivity index (χ4v) is 5.07. The molecule has 0 unspecified atom stereocenters. The second kappa shape index (κ2) is 9.38. The van der Waals surface area contributed by atoms with Gasteiger partial charge in [-0.15, -0.1) is 11.3 Å². The summed E-state index contributed by atoms with van der Waals surface area (Å²) >= 11 is 1.41. The van der Waals surface area contributed by atoms with Gasteiger partial charge in [0.25, 0.3) is 0 Å². The highest BCUT2D eigenvalue weighted by atomic mass is 32.2. The molecule has 8 heteroatoms. The van der Waals surface area contributed by atoms with Gasteiger partial charge >= 0.3 is 0 Å². The van der Waals surface area contributed by atoms with E-state index in [1.807, 2.05) is 54.6 Å². The van der Waals surface area contributed by atoms with Gasteiger partial charge in [-0.05, 0) is 28.5 Å². The van der Waals surface area contributed by atoms with Gasteiger partial charge in [-0.1, -0.05) is 60.7 Å². The van der Waals surface area contributed by atoms with Crippen molar-refractivity contribution in [2.24, 2.45) is 0 Å². The van der Waals surface area contributed by atoms with E-state index in [0.717, 1.165) is 22.1 Å². The first kappa shape index (κ1) is 21.2. The summed E-state index contributed by atoms with van der Waals surface area (Å²) in [7, 11) is -3.69. The van der Waals surface area contributed by atoms with E-state index >= 15 is 0 Å². The number of rotatable bonds is 8. The maximum absolute atomic E-state index is 12.5. The second-order valence-corrected chi connectivity index (χ2v) is 9.88. The Hall–Kier alpha value is -3.07. The van der Waals surface area contributed by atoms with E-state index in [1.54, 1.807) is 24.4 Å². The third-order valence-corrected chi connectivity index (χ3v) is 7.07. The first-order valence-corrected chi connectivity index (χ1v) is 12.1. The van der Waals surface area contributed by atoms with Crippen molar-refractivity contribution in [2.45, 2.75) is 17.7 Å². The summed E-state index contributed by atoms with van der Waals surface area (Å²) in [6.07, 6.45) is 2.51. The number of hydrogen-bond acceptors (Lipinski definition) is 5. The number of thiazole rings is 1. The van der Waals surface area contributed by atoms with Gasteiger partial charge < -0.3 is 5.32 Å². The zero-order valence-corrected chi connectivity index (χ0v) is 18.2. The standard InChI is InChI=1S/C23H21N3O3S2/c27-22(26-23-24-16-20(30-23)14-17-6-2-1-3-7-17)12-13-25-31(28,29)21-11-10-18-8-4-5-9-19(18)15-21/h1-11,15-16,25H,12-14H2,(H,24,26,27). The Morgan fingerprint density at radius 3 is 2.48 bits per heavy atom. The Morgan fingerprint density at radius 2 is 1.68 bits per heavy atom. The third kappa shape index (κ3) is 5.55. The predicted molar refractivity (Wildman–Crippen MR) is 124 cm³/mol. The van der Waals surface area contributed by atoms with E-state index in [4.69, 9.17) is 0 Å². The van der Waals surface area contributed by atoms with E-state index in [1.165, 1.54) is 16.9 Å². The van der Waals surface area contributed by atoms with Crippen LogP contribution in [-0.2, 0) is 21.2 Å². The van der Waals surface area contributed by atoms with Gasteiger partial charge in [-0.25, -0.2) is 18.1 Å². The molecule has 0 aliphatic carbocycles.